The molecule has 0 saturated heterocycles. The Labute approximate surface area is 134 Å². The highest BCUT2D eigenvalue weighted by atomic mass is 15.1. The van der Waals surface area contributed by atoms with Gasteiger partial charge in [0.2, 0.25) is 0 Å². The Morgan fingerprint density at radius 3 is 1.82 bits per heavy atom. The summed E-state index contributed by atoms with van der Waals surface area (Å²) in [4.78, 5) is 4.47. The molecule has 0 heterocycles. The van der Waals surface area contributed by atoms with Crippen LogP contribution in [0.25, 0.3) is 11.1 Å². The van der Waals surface area contributed by atoms with Crippen molar-refractivity contribution in [1.29, 1.82) is 0 Å². The fourth-order valence-corrected chi connectivity index (χ4v) is 3.41. The highest BCUT2D eigenvalue weighted by Gasteiger charge is 2.35. The molecule has 0 aliphatic heterocycles. The van der Waals surface area contributed by atoms with Gasteiger partial charge in [-0.25, -0.2) is 0 Å². The van der Waals surface area contributed by atoms with Gasteiger partial charge in [-0.3, -0.25) is 0 Å². The van der Waals surface area contributed by atoms with Crippen LogP contribution in [0.5, 0.6) is 0 Å². The first-order valence-electron chi connectivity index (χ1n) is 8.04. The van der Waals surface area contributed by atoms with Crippen LogP contribution in [-0.2, 0) is 5.41 Å². The molecule has 0 aromatic heterocycles. The second-order valence-corrected chi connectivity index (χ2v) is 6.99. The molecule has 0 N–H and O–H groups in total. The maximum atomic E-state index is 2.37. The van der Waals surface area contributed by atoms with E-state index in [1.807, 2.05) is 0 Å². The second kappa shape index (κ2) is 5.05. The number of benzene rings is 2. The van der Waals surface area contributed by atoms with E-state index in [1.165, 1.54) is 33.6 Å². The summed E-state index contributed by atoms with van der Waals surface area (Å²) in [5.74, 6) is 0. The minimum atomic E-state index is 0.0568. The number of fused-ring (bicyclic) bond motifs is 3. The standard InChI is InChI=1S/C20H26N2/c1-7-22(6)15-9-11-17-16-10-8-14(21(4)5)12-18(16)20(2,3)19(17)13-15/h8-13H,7H2,1-6H3. The lowest BCUT2D eigenvalue weighted by Crippen LogP contribution is -2.19. The van der Waals surface area contributed by atoms with Crippen LogP contribution >= 0.6 is 0 Å². The largest absolute Gasteiger partial charge is 0.378 e. The molecule has 2 aromatic carbocycles. The normalized spacial score (nSPS) is 14.5. The van der Waals surface area contributed by atoms with Crippen LogP contribution in [0, 0.1) is 0 Å². The fourth-order valence-electron chi connectivity index (χ4n) is 3.41. The molecule has 0 fully saturated rings. The number of hydrogen-bond donors (Lipinski definition) is 0. The highest BCUT2D eigenvalue weighted by molar-refractivity contribution is 5.84. The van der Waals surface area contributed by atoms with E-state index in [9.17, 15) is 0 Å². The smallest absolute Gasteiger partial charge is 0.0367 e. The van der Waals surface area contributed by atoms with E-state index >= 15 is 0 Å². The first-order chi connectivity index (χ1) is 10.4. The number of anilines is 2. The summed E-state index contributed by atoms with van der Waals surface area (Å²) in [6, 6.07) is 13.7. The van der Waals surface area contributed by atoms with E-state index in [0.29, 0.717) is 0 Å². The molecule has 2 heteroatoms. The lowest BCUT2D eigenvalue weighted by atomic mass is 9.82. The van der Waals surface area contributed by atoms with E-state index in [-0.39, 0.29) is 5.41 Å². The molecule has 0 atom stereocenters. The van der Waals surface area contributed by atoms with Crippen molar-refractivity contribution in [2.45, 2.75) is 26.2 Å². The van der Waals surface area contributed by atoms with Gasteiger partial charge in [0, 0.05) is 44.5 Å². The van der Waals surface area contributed by atoms with Crippen molar-refractivity contribution >= 4 is 11.4 Å². The fraction of sp³-hybridized carbons (Fsp3) is 0.400. The van der Waals surface area contributed by atoms with Crippen LogP contribution in [0.4, 0.5) is 11.4 Å². The van der Waals surface area contributed by atoms with Gasteiger partial charge in [-0.2, -0.15) is 0 Å². The molecule has 2 aromatic rings. The highest BCUT2D eigenvalue weighted by Crippen LogP contribution is 2.50. The summed E-state index contributed by atoms with van der Waals surface area (Å²) >= 11 is 0. The minimum Gasteiger partial charge on any atom is -0.378 e. The number of rotatable bonds is 3. The quantitative estimate of drug-likeness (QED) is 0.821. The van der Waals surface area contributed by atoms with Gasteiger partial charge in [-0.1, -0.05) is 26.0 Å². The molecule has 22 heavy (non-hydrogen) atoms. The molecular weight excluding hydrogens is 268 g/mol. The van der Waals surface area contributed by atoms with Crippen molar-refractivity contribution in [3.63, 3.8) is 0 Å². The molecule has 0 bridgehead atoms. The van der Waals surface area contributed by atoms with Gasteiger partial charge < -0.3 is 9.80 Å². The molecule has 0 amide bonds. The molecule has 2 nitrogen and oxygen atoms in total. The zero-order chi connectivity index (χ0) is 16.1. The van der Waals surface area contributed by atoms with Crippen molar-refractivity contribution < 1.29 is 0 Å². The van der Waals surface area contributed by atoms with Crippen LogP contribution in [0.2, 0.25) is 0 Å². The molecular formula is C20H26N2. The summed E-state index contributed by atoms with van der Waals surface area (Å²) in [6.45, 7) is 7.90. The monoisotopic (exact) mass is 294 g/mol. The van der Waals surface area contributed by atoms with Crippen molar-refractivity contribution in [2.24, 2.45) is 0 Å². The second-order valence-electron chi connectivity index (χ2n) is 6.99. The van der Waals surface area contributed by atoms with Gasteiger partial charge in [0.25, 0.3) is 0 Å². The van der Waals surface area contributed by atoms with E-state index < -0.39 is 0 Å². The van der Waals surface area contributed by atoms with Gasteiger partial charge in [0.05, 0.1) is 0 Å². The predicted octanol–water partition coefficient (Wildman–Crippen LogP) is 4.52. The molecule has 3 rings (SSSR count). The average Bonchev–Trinajstić information content (AvgIpc) is 2.74. The Hall–Kier alpha value is -1.96. The lowest BCUT2D eigenvalue weighted by molar-refractivity contribution is 0.660. The van der Waals surface area contributed by atoms with E-state index in [2.05, 4.69) is 88.1 Å². The molecule has 1 aliphatic carbocycles. The van der Waals surface area contributed by atoms with Gasteiger partial charge >= 0.3 is 0 Å². The molecule has 1 aliphatic rings. The zero-order valence-electron chi connectivity index (χ0n) is 14.6. The SMILES string of the molecule is CCN(C)c1ccc2c(c1)C(C)(C)c1cc(N(C)C)ccc1-2. The van der Waals surface area contributed by atoms with E-state index in [4.69, 9.17) is 0 Å². The molecule has 0 spiro atoms. The molecule has 0 saturated carbocycles. The summed E-state index contributed by atoms with van der Waals surface area (Å²) in [7, 11) is 6.36. The summed E-state index contributed by atoms with van der Waals surface area (Å²) < 4.78 is 0. The summed E-state index contributed by atoms with van der Waals surface area (Å²) in [5.41, 5.74) is 8.28. The van der Waals surface area contributed by atoms with Crippen molar-refractivity contribution in [2.75, 3.05) is 37.5 Å². The molecule has 0 unspecified atom stereocenters. The lowest BCUT2D eigenvalue weighted by Gasteiger charge is -2.25. The van der Waals surface area contributed by atoms with Crippen LogP contribution < -0.4 is 9.80 Å². The summed E-state index contributed by atoms with van der Waals surface area (Å²) in [5, 5.41) is 0. The maximum absolute atomic E-state index is 2.37. The van der Waals surface area contributed by atoms with E-state index in [0.717, 1.165) is 6.54 Å². The Morgan fingerprint density at radius 2 is 1.32 bits per heavy atom. The Morgan fingerprint density at radius 1 is 0.818 bits per heavy atom. The average molecular weight is 294 g/mol. The molecule has 116 valence electrons. The Balaban J connectivity index is 2.17. The number of hydrogen-bond acceptors (Lipinski definition) is 2. The van der Waals surface area contributed by atoms with Crippen molar-refractivity contribution in [3.05, 3.63) is 47.5 Å². The third kappa shape index (κ3) is 2.09. The first kappa shape index (κ1) is 15.0. The molecule has 0 radical (unpaired) electrons. The Kier molecular flexibility index (Phi) is 3.43. The van der Waals surface area contributed by atoms with Crippen molar-refractivity contribution in [3.8, 4) is 11.1 Å². The van der Waals surface area contributed by atoms with Crippen LogP contribution in [0.15, 0.2) is 36.4 Å². The van der Waals surface area contributed by atoms with Gasteiger partial charge in [0.1, 0.15) is 0 Å². The van der Waals surface area contributed by atoms with Crippen molar-refractivity contribution in [1.82, 2.24) is 0 Å². The maximum Gasteiger partial charge on any atom is 0.0367 e. The van der Waals surface area contributed by atoms with Gasteiger partial charge in [-0.15, -0.1) is 0 Å². The van der Waals surface area contributed by atoms with Crippen LogP contribution in [0.3, 0.4) is 0 Å². The summed E-state index contributed by atoms with van der Waals surface area (Å²) in [6.07, 6.45) is 0. The first-order valence-corrected chi connectivity index (χ1v) is 8.04. The van der Waals surface area contributed by atoms with Crippen LogP contribution in [0.1, 0.15) is 31.9 Å². The topological polar surface area (TPSA) is 6.48 Å². The van der Waals surface area contributed by atoms with Crippen LogP contribution in [-0.4, -0.2) is 27.7 Å². The minimum absolute atomic E-state index is 0.0568. The Bertz CT molecular complexity index is 714. The third-order valence-electron chi connectivity index (χ3n) is 5.07. The van der Waals surface area contributed by atoms with Gasteiger partial charge in [-0.05, 0) is 53.4 Å². The van der Waals surface area contributed by atoms with Gasteiger partial charge in [0.15, 0.2) is 0 Å². The zero-order valence-corrected chi connectivity index (χ0v) is 14.6. The third-order valence-corrected chi connectivity index (χ3v) is 5.07. The van der Waals surface area contributed by atoms with E-state index in [1.54, 1.807) is 0 Å². The predicted molar refractivity (Wildman–Crippen MR) is 97.3 cm³/mol. The number of nitrogens with zero attached hydrogens (tertiary/aromatic N) is 2.